The number of rotatable bonds is 4. The second kappa shape index (κ2) is 7.79. The molecule has 5 heteroatoms. The zero-order valence-electron chi connectivity index (χ0n) is 14.4. The van der Waals surface area contributed by atoms with E-state index in [1.165, 1.54) is 11.1 Å². The molecule has 2 aliphatic rings. The molecule has 5 nitrogen and oxygen atoms in total. The highest BCUT2D eigenvalue weighted by Gasteiger charge is 2.32. The molecule has 0 bridgehead atoms. The van der Waals surface area contributed by atoms with Crippen molar-refractivity contribution in [3.63, 3.8) is 0 Å². The van der Waals surface area contributed by atoms with Crippen LogP contribution in [0.25, 0.3) is 0 Å². The number of carbonyl (C=O) groups excluding carboxylic acids is 2. The lowest BCUT2D eigenvalue weighted by molar-refractivity contribution is -0.133. The Balaban J connectivity index is 1.65. The van der Waals surface area contributed by atoms with Gasteiger partial charge in [0, 0.05) is 13.1 Å². The van der Waals surface area contributed by atoms with Crippen molar-refractivity contribution in [3.05, 3.63) is 35.4 Å². The van der Waals surface area contributed by atoms with E-state index in [0.29, 0.717) is 6.54 Å². The van der Waals surface area contributed by atoms with Crippen LogP contribution in [0.15, 0.2) is 24.3 Å². The Hall–Kier alpha value is -1.88. The van der Waals surface area contributed by atoms with E-state index in [4.69, 9.17) is 0 Å². The number of hydrogen-bond acceptors (Lipinski definition) is 3. The van der Waals surface area contributed by atoms with Crippen molar-refractivity contribution in [2.75, 3.05) is 13.1 Å². The normalized spacial score (nSPS) is 25.1. The molecule has 2 amide bonds. The van der Waals surface area contributed by atoms with Gasteiger partial charge in [-0.25, -0.2) is 0 Å². The molecule has 130 valence electrons. The molecule has 2 atom stereocenters. The first-order valence-electron chi connectivity index (χ1n) is 9.01. The molecule has 2 saturated heterocycles. The molecule has 0 spiro atoms. The summed E-state index contributed by atoms with van der Waals surface area (Å²) in [6.45, 7) is 4.53. The lowest BCUT2D eigenvalue weighted by atomic mass is 9.99. The molecule has 0 radical (unpaired) electrons. The van der Waals surface area contributed by atoms with Crippen LogP contribution in [0.5, 0.6) is 0 Å². The largest absolute Gasteiger partial charge is 0.354 e. The Morgan fingerprint density at radius 1 is 1.29 bits per heavy atom. The number of benzene rings is 1. The summed E-state index contributed by atoms with van der Waals surface area (Å²) in [5.41, 5.74) is 2.48. The molecular formula is C19H27N3O2. The zero-order valence-corrected chi connectivity index (χ0v) is 14.4. The highest BCUT2D eigenvalue weighted by atomic mass is 16.2. The van der Waals surface area contributed by atoms with E-state index in [1.807, 2.05) is 0 Å². The number of amides is 2. The van der Waals surface area contributed by atoms with E-state index < -0.39 is 0 Å². The molecule has 1 aromatic carbocycles. The molecule has 0 aromatic heterocycles. The Labute approximate surface area is 143 Å². The highest BCUT2D eigenvalue weighted by molar-refractivity contribution is 5.90. The third kappa shape index (κ3) is 4.15. The van der Waals surface area contributed by atoms with Crippen LogP contribution >= 0.6 is 0 Å². The maximum Gasteiger partial charge on any atom is 0.242 e. The minimum atomic E-state index is -0.367. The number of nitrogens with zero attached hydrogens (tertiary/aromatic N) is 1. The summed E-state index contributed by atoms with van der Waals surface area (Å²) in [6, 6.07) is 7.95. The zero-order chi connectivity index (χ0) is 16.9. The molecular weight excluding hydrogens is 302 g/mol. The van der Waals surface area contributed by atoms with Gasteiger partial charge in [0.15, 0.2) is 0 Å². The molecule has 2 aliphatic heterocycles. The minimum absolute atomic E-state index is 0.00408. The first-order chi connectivity index (χ1) is 11.6. The van der Waals surface area contributed by atoms with Crippen molar-refractivity contribution in [2.24, 2.45) is 0 Å². The van der Waals surface area contributed by atoms with Crippen LogP contribution in [0, 0.1) is 6.92 Å². The molecule has 3 rings (SSSR count). The summed E-state index contributed by atoms with van der Waals surface area (Å²) < 4.78 is 0. The van der Waals surface area contributed by atoms with E-state index in [0.717, 1.165) is 45.2 Å². The molecule has 2 heterocycles. The topological polar surface area (TPSA) is 61.4 Å². The van der Waals surface area contributed by atoms with Gasteiger partial charge in [-0.3, -0.25) is 14.5 Å². The van der Waals surface area contributed by atoms with E-state index in [1.54, 1.807) is 0 Å². The van der Waals surface area contributed by atoms with Crippen LogP contribution in [0.2, 0.25) is 0 Å². The summed E-state index contributed by atoms with van der Waals surface area (Å²) in [4.78, 5) is 26.9. The summed E-state index contributed by atoms with van der Waals surface area (Å²) in [5.74, 6) is -0.0416. The molecule has 0 saturated carbocycles. The van der Waals surface area contributed by atoms with Gasteiger partial charge in [-0.1, -0.05) is 36.2 Å². The summed E-state index contributed by atoms with van der Waals surface area (Å²) in [7, 11) is 0. The molecule has 0 aliphatic carbocycles. The number of carbonyl (C=O) groups is 2. The smallest absolute Gasteiger partial charge is 0.242 e. The van der Waals surface area contributed by atoms with Gasteiger partial charge in [0.1, 0.15) is 6.04 Å². The number of piperidine rings is 2. The fourth-order valence-electron chi connectivity index (χ4n) is 3.70. The first-order valence-corrected chi connectivity index (χ1v) is 9.01. The predicted octanol–water partition coefficient (Wildman–Crippen LogP) is 1.74. The number of nitrogens with one attached hydrogen (secondary N) is 2. The number of likely N-dealkylation sites (tertiary alicyclic amines) is 1. The predicted molar refractivity (Wildman–Crippen MR) is 93.4 cm³/mol. The van der Waals surface area contributed by atoms with Gasteiger partial charge >= 0.3 is 0 Å². The molecule has 2 N–H and O–H groups in total. The summed E-state index contributed by atoms with van der Waals surface area (Å²) >= 11 is 0. The summed E-state index contributed by atoms with van der Waals surface area (Å²) in [5, 5.41) is 5.80. The van der Waals surface area contributed by atoms with Gasteiger partial charge < -0.3 is 10.6 Å². The van der Waals surface area contributed by atoms with Crippen LogP contribution in [0.1, 0.15) is 43.2 Å². The second-order valence-corrected chi connectivity index (χ2v) is 6.97. The average molecular weight is 329 g/mol. The minimum Gasteiger partial charge on any atom is -0.354 e. The van der Waals surface area contributed by atoms with E-state index in [2.05, 4.69) is 46.7 Å². The Morgan fingerprint density at radius 3 is 2.96 bits per heavy atom. The van der Waals surface area contributed by atoms with E-state index in [9.17, 15) is 9.59 Å². The van der Waals surface area contributed by atoms with Crippen LogP contribution in [0.3, 0.4) is 0 Å². The van der Waals surface area contributed by atoms with Gasteiger partial charge in [-0.15, -0.1) is 0 Å². The van der Waals surface area contributed by atoms with Gasteiger partial charge in [0.25, 0.3) is 0 Å². The maximum absolute atomic E-state index is 12.7. The van der Waals surface area contributed by atoms with Gasteiger partial charge in [0.2, 0.25) is 11.8 Å². The quantitative estimate of drug-likeness (QED) is 0.885. The van der Waals surface area contributed by atoms with Crippen molar-refractivity contribution >= 4 is 11.8 Å². The summed E-state index contributed by atoms with van der Waals surface area (Å²) in [6.07, 6.45) is 4.72. The third-order valence-corrected chi connectivity index (χ3v) is 4.99. The van der Waals surface area contributed by atoms with Crippen LogP contribution < -0.4 is 10.6 Å². The fourth-order valence-corrected chi connectivity index (χ4v) is 3.70. The standard InChI is InChI=1S/C19H27N3O2/c1-14-6-4-7-15(12-14)13-22-11-3-2-9-17(22)19(24)21-16-8-5-10-20-18(16)23/h4,6-7,12,16-17H,2-3,5,8-11,13H2,1H3,(H,20,23)(H,21,24)/t16-,17-/m0/s1. The molecule has 2 fully saturated rings. The highest BCUT2D eigenvalue weighted by Crippen LogP contribution is 2.21. The Kier molecular flexibility index (Phi) is 5.51. The van der Waals surface area contributed by atoms with E-state index >= 15 is 0 Å². The van der Waals surface area contributed by atoms with Crippen LogP contribution in [0.4, 0.5) is 0 Å². The van der Waals surface area contributed by atoms with E-state index in [-0.39, 0.29) is 23.9 Å². The molecule has 1 aromatic rings. The third-order valence-electron chi connectivity index (χ3n) is 4.99. The van der Waals surface area contributed by atoms with Crippen LogP contribution in [-0.2, 0) is 16.1 Å². The van der Waals surface area contributed by atoms with Crippen molar-refractivity contribution in [1.82, 2.24) is 15.5 Å². The van der Waals surface area contributed by atoms with Crippen molar-refractivity contribution in [3.8, 4) is 0 Å². The Bertz CT molecular complexity index is 602. The number of aryl methyl sites for hydroxylation is 1. The Morgan fingerprint density at radius 2 is 2.17 bits per heavy atom. The van der Waals surface area contributed by atoms with Crippen LogP contribution in [-0.4, -0.2) is 41.9 Å². The second-order valence-electron chi connectivity index (χ2n) is 6.97. The SMILES string of the molecule is Cc1cccc(CN2CCCC[C@H]2C(=O)N[C@H]2CCCNC2=O)c1. The molecule has 24 heavy (non-hydrogen) atoms. The monoisotopic (exact) mass is 329 g/mol. The van der Waals surface area contributed by atoms with Crippen molar-refractivity contribution in [1.29, 1.82) is 0 Å². The lowest BCUT2D eigenvalue weighted by Gasteiger charge is -2.36. The number of hydrogen-bond donors (Lipinski definition) is 2. The lowest BCUT2D eigenvalue weighted by Crippen LogP contribution is -2.56. The maximum atomic E-state index is 12.7. The van der Waals surface area contributed by atoms with Crippen molar-refractivity contribution < 1.29 is 9.59 Å². The first kappa shape index (κ1) is 17.0. The van der Waals surface area contributed by atoms with Gasteiger partial charge in [-0.05, 0) is 44.7 Å². The van der Waals surface area contributed by atoms with Crippen molar-refractivity contribution in [2.45, 2.75) is 57.7 Å². The van der Waals surface area contributed by atoms with Gasteiger partial charge in [0.05, 0.1) is 6.04 Å². The van der Waals surface area contributed by atoms with Gasteiger partial charge in [-0.2, -0.15) is 0 Å². The molecule has 0 unspecified atom stereocenters. The fraction of sp³-hybridized carbons (Fsp3) is 0.579. The average Bonchev–Trinajstić information content (AvgIpc) is 2.57.